The molecule has 138 valence electrons. The first-order valence-electron chi connectivity index (χ1n) is 9.32. The van der Waals surface area contributed by atoms with Crippen molar-refractivity contribution in [2.24, 2.45) is 11.8 Å². The van der Waals surface area contributed by atoms with E-state index in [0.29, 0.717) is 12.5 Å². The fourth-order valence-electron chi connectivity index (χ4n) is 4.08. The summed E-state index contributed by atoms with van der Waals surface area (Å²) < 4.78 is 6.84. The first-order chi connectivity index (χ1) is 12.3. The molecule has 0 aromatic heterocycles. The molecule has 26 heavy (non-hydrogen) atoms. The molecule has 1 aliphatic carbocycles. The van der Waals surface area contributed by atoms with Gasteiger partial charge in [0, 0.05) is 6.61 Å². The highest BCUT2D eigenvalue weighted by atomic mass is 28.4. The van der Waals surface area contributed by atoms with Crippen LogP contribution in [0.2, 0.25) is 5.04 Å². The van der Waals surface area contributed by atoms with E-state index in [1.54, 1.807) is 0 Å². The highest BCUT2D eigenvalue weighted by Gasteiger charge is 2.51. The summed E-state index contributed by atoms with van der Waals surface area (Å²) in [5.41, 5.74) is 0. The van der Waals surface area contributed by atoms with Gasteiger partial charge < -0.3 is 9.53 Å². The van der Waals surface area contributed by atoms with E-state index in [-0.39, 0.29) is 11.0 Å². The molecular weight excluding hydrogens is 340 g/mol. The minimum atomic E-state index is -2.49. The first-order valence-corrected chi connectivity index (χ1v) is 11.2. The van der Waals surface area contributed by atoms with Crippen molar-refractivity contribution in [1.82, 2.24) is 0 Å². The monoisotopic (exact) mass is 368 g/mol. The third kappa shape index (κ3) is 3.48. The molecule has 1 saturated carbocycles. The molecule has 1 fully saturated rings. The van der Waals surface area contributed by atoms with Crippen molar-refractivity contribution >= 4 is 24.7 Å². The summed E-state index contributed by atoms with van der Waals surface area (Å²) in [6.45, 7) is 7.43. The van der Waals surface area contributed by atoms with E-state index in [1.807, 2.05) is 12.1 Å². The number of benzene rings is 2. The number of hydrogen-bond donors (Lipinski definition) is 1. The van der Waals surface area contributed by atoms with Gasteiger partial charge >= 0.3 is 5.97 Å². The Kier molecular flexibility index (Phi) is 5.35. The van der Waals surface area contributed by atoms with E-state index in [0.717, 1.165) is 12.8 Å². The van der Waals surface area contributed by atoms with Gasteiger partial charge in [0.05, 0.1) is 5.92 Å². The normalized spacial score (nSPS) is 20.4. The van der Waals surface area contributed by atoms with Crippen molar-refractivity contribution < 1.29 is 14.3 Å². The van der Waals surface area contributed by atoms with Crippen molar-refractivity contribution in [3.8, 4) is 0 Å². The zero-order valence-corrected chi connectivity index (χ0v) is 16.8. The zero-order valence-electron chi connectivity index (χ0n) is 15.8. The van der Waals surface area contributed by atoms with Crippen molar-refractivity contribution in [1.29, 1.82) is 0 Å². The van der Waals surface area contributed by atoms with E-state index < -0.39 is 14.3 Å². The molecule has 0 unspecified atom stereocenters. The quantitative estimate of drug-likeness (QED) is 0.791. The van der Waals surface area contributed by atoms with Crippen LogP contribution in [0.25, 0.3) is 0 Å². The topological polar surface area (TPSA) is 46.5 Å². The molecule has 0 amide bonds. The van der Waals surface area contributed by atoms with Crippen molar-refractivity contribution in [2.75, 3.05) is 6.61 Å². The Hall–Kier alpha value is -1.91. The molecule has 0 atom stereocenters. The van der Waals surface area contributed by atoms with Gasteiger partial charge in [-0.1, -0.05) is 81.4 Å². The van der Waals surface area contributed by atoms with Gasteiger partial charge in [-0.2, -0.15) is 0 Å². The predicted molar refractivity (Wildman–Crippen MR) is 107 cm³/mol. The van der Waals surface area contributed by atoms with Crippen LogP contribution in [0.5, 0.6) is 0 Å². The lowest BCUT2D eigenvalue weighted by atomic mass is 9.75. The summed E-state index contributed by atoms with van der Waals surface area (Å²) in [5.74, 6) is -0.521. The molecule has 0 radical (unpaired) electrons. The molecule has 0 saturated heterocycles. The van der Waals surface area contributed by atoms with E-state index in [1.165, 1.54) is 10.4 Å². The van der Waals surface area contributed by atoms with Crippen LogP contribution in [0.15, 0.2) is 60.7 Å². The maximum atomic E-state index is 11.1. The number of rotatable bonds is 6. The SMILES string of the molecule is CC(C)(C)[Si](OCC1CC(C(=O)O)C1)(c1ccccc1)c1ccccc1. The lowest BCUT2D eigenvalue weighted by Gasteiger charge is -2.45. The maximum Gasteiger partial charge on any atom is 0.306 e. The van der Waals surface area contributed by atoms with Gasteiger partial charge in [0.15, 0.2) is 0 Å². The van der Waals surface area contributed by atoms with Crippen LogP contribution in [-0.2, 0) is 9.22 Å². The van der Waals surface area contributed by atoms with E-state index >= 15 is 0 Å². The smallest absolute Gasteiger partial charge is 0.306 e. The number of carboxylic acid groups (broad SMARTS) is 1. The van der Waals surface area contributed by atoms with Gasteiger partial charge in [0.25, 0.3) is 8.32 Å². The molecule has 3 nitrogen and oxygen atoms in total. The standard InChI is InChI=1S/C22H28O3Si/c1-22(2,3)26(19-10-6-4-7-11-19,20-12-8-5-9-13-20)25-16-17-14-18(15-17)21(23)24/h4-13,17-18H,14-16H2,1-3H3,(H,23,24). The van der Waals surface area contributed by atoms with Crippen LogP contribution in [0.3, 0.4) is 0 Å². The fraction of sp³-hybridized carbons (Fsp3) is 0.409. The number of hydrogen-bond acceptors (Lipinski definition) is 2. The summed E-state index contributed by atoms with van der Waals surface area (Å²) in [4.78, 5) is 11.1. The van der Waals surface area contributed by atoms with Gasteiger partial charge in [-0.25, -0.2) is 0 Å². The Morgan fingerprint density at radius 2 is 1.46 bits per heavy atom. The Labute approximate surface area is 157 Å². The molecular formula is C22H28O3Si. The van der Waals surface area contributed by atoms with Gasteiger partial charge in [-0.15, -0.1) is 0 Å². The molecule has 0 bridgehead atoms. The molecule has 0 spiro atoms. The fourth-order valence-corrected chi connectivity index (χ4v) is 8.72. The predicted octanol–water partition coefficient (Wildman–Crippen LogP) is 3.67. The Morgan fingerprint density at radius 3 is 1.85 bits per heavy atom. The van der Waals surface area contributed by atoms with Crippen molar-refractivity contribution in [3.63, 3.8) is 0 Å². The average Bonchev–Trinajstić information content (AvgIpc) is 2.57. The van der Waals surface area contributed by atoms with Crippen LogP contribution in [0.1, 0.15) is 33.6 Å². The lowest BCUT2D eigenvalue weighted by Crippen LogP contribution is -2.67. The largest absolute Gasteiger partial charge is 0.481 e. The Balaban J connectivity index is 1.95. The number of aliphatic carboxylic acids is 1. The van der Waals surface area contributed by atoms with Crippen molar-refractivity contribution in [2.45, 2.75) is 38.7 Å². The first kappa shape index (κ1) is 18.9. The second kappa shape index (κ2) is 7.37. The molecule has 2 aromatic carbocycles. The minimum absolute atomic E-state index is 0.0361. The summed E-state index contributed by atoms with van der Waals surface area (Å²) in [6, 6.07) is 21.2. The Morgan fingerprint density at radius 1 is 1.00 bits per heavy atom. The Bertz CT molecular complexity index is 691. The molecule has 1 aliphatic rings. The van der Waals surface area contributed by atoms with Gasteiger partial charge in [0.2, 0.25) is 0 Å². The third-order valence-corrected chi connectivity index (χ3v) is 10.5. The molecule has 2 aromatic rings. The van der Waals surface area contributed by atoms with Gasteiger partial charge in [0.1, 0.15) is 0 Å². The van der Waals surface area contributed by atoms with Crippen LogP contribution in [-0.4, -0.2) is 26.0 Å². The summed E-state index contributed by atoms with van der Waals surface area (Å²) >= 11 is 0. The number of carbonyl (C=O) groups is 1. The maximum absolute atomic E-state index is 11.1. The van der Waals surface area contributed by atoms with Crippen LogP contribution in [0.4, 0.5) is 0 Å². The summed E-state index contributed by atoms with van der Waals surface area (Å²) in [7, 11) is -2.49. The molecule has 1 N–H and O–H groups in total. The highest BCUT2D eigenvalue weighted by molar-refractivity contribution is 6.99. The number of carboxylic acids is 1. The molecule has 3 rings (SSSR count). The zero-order chi connectivity index (χ0) is 18.8. The molecule has 0 heterocycles. The van der Waals surface area contributed by atoms with Gasteiger partial charge in [-0.3, -0.25) is 4.79 Å². The van der Waals surface area contributed by atoms with Crippen LogP contribution < -0.4 is 10.4 Å². The minimum Gasteiger partial charge on any atom is -0.481 e. The van der Waals surface area contributed by atoms with Crippen molar-refractivity contribution in [3.05, 3.63) is 60.7 Å². The lowest BCUT2D eigenvalue weighted by molar-refractivity contribution is -0.146. The second-order valence-electron chi connectivity index (χ2n) is 8.35. The van der Waals surface area contributed by atoms with E-state index in [4.69, 9.17) is 9.53 Å². The third-order valence-electron chi connectivity index (χ3n) is 5.54. The molecule has 4 heteroatoms. The summed E-state index contributed by atoms with van der Waals surface area (Å²) in [6.07, 6.45) is 1.46. The second-order valence-corrected chi connectivity index (χ2v) is 12.7. The van der Waals surface area contributed by atoms with E-state index in [9.17, 15) is 4.79 Å². The average molecular weight is 369 g/mol. The van der Waals surface area contributed by atoms with Gasteiger partial charge in [-0.05, 0) is 34.2 Å². The van der Waals surface area contributed by atoms with Crippen LogP contribution >= 0.6 is 0 Å². The van der Waals surface area contributed by atoms with E-state index in [2.05, 4.69) is 69.3 Å². The highest BCUT2D eigenvalue weighted by Crippen LogP contribution is 2.39. The van der Waals surface area contributed by atoms with Crippen LogP contribution in [0, 0.1) is 11.8 Å². The molecule has 0 aliphatic heterocycles. The summed E-state index contributed by atoms with van der Waals surface area (Å²) in [5, 5.41) is 11.6.